The summed E-state index contributed by atoms with van der Waals surface area (Å²) >= 11 is 28.3. The highest BCUT2D eigenvalue weighted by molar-refractivity contribution is 7.60. The lowest BCUT2D eigenvalue weighted by Gasteiger charge is -2.43. The Morgan fingerprint density at radius 1 is 0.893 bits per heavy atom. The van der Waals surface area contributed by atoms with E-state index in [1.807, 2.05) is 12.1 Å². The van der Waals surface area contributed by atoms with Gasteiger partial charge in [0.05, 0.1) is 50.2 Å². The third-order valence-corrected chi connectivity index (χ3v) is 19.0. The number of carbonyl (C=O) groups is 3. The number of aliphatic hydroxyl groups excluding tert-OH is 1. The van der Waals surface area contributed by atoms with Gasteiger partial charge in [-0.15, -0.1) is 0 Å². The number of amides is 3. The summed E-state index contributed by atoms with van der Waals surface area (Å²) in [5.41, 5.74) is 12.0. The first kappa shape index (κ1) is 62.8. The summed E-state index contributed by atoms with van der Waals surface area (Å²) in [4.78, 5) is 85.2. The van der Waals surface area contributed by atoms with Crippen LogP contribution in [0, 0.1) is 0 Å². The molecule has 1 saturated heterocycles. The lowest BCUT2D eigenvalue weighted by Crippen LogP contribution is -2.49. The fourth-order valence-corrected chi connectivity index (χ4v) is 14.1. The Morgan fingerprint density at radius 3 is 2.27 bits per heavy atom. The number of imidazole rings is 1. The van der Waals surface area contributed by atoms with Gasteiger partial charge < -0.3 is 60.2 Å². The van der Waals surface area contributed by atoms with Gasteiger partial charge in [0.25, 0.3) is 5.91 Å². The van der Waals surface area contributed by atoms with Gasteiger partial charge in [0.15, 0.2) is 29.3 Å². The predicted molar refractivity (Wildman–Crippen MR) is 317 cm³/mol. The summed E-state index contributed by atoms with van der Waals surface area (Å²) in [6, 6.07) is 8.20. The Labute approximate surface area is 502 Å². The maximum Gasteiger partial charge on any atom is 0.481 e. The molecular weight excluding hydrogens is 1220 g/mol. The highest BCUT2D eigenvalue weighted by Crippen LogP contribution is 2.58. The van der Waals surface area contributed by atoms with Gasteiger partial charge in [-0.25, -0.2) is 33.5 Å². The second-order valence-corrected chi connectivity index (χ2v) is 26.0. The third-order valence-electron chi connectivity index (χ3n) is 15.1. The Hall–Kier alpha value is -5.69. The predicted octanol–water partition coefficient (Wildman–Crippen LogP) is 7.35. The van der Waals surface area contributed by atoms with Crippen molar-refractivity contribution in [1.29, 1.82) is 0 Å². The Morgan fingerprint density at radius 2 is 1.58 bits per heavy atom. The van der Waals surface area contributed by atoms with Gasteiger partial charge in [0.1, 0.15) is 42.1 Å². The number of nitrogens with two attached hydrogens (primary N) is 1. The van der Waals surface area contributed by atoms with E-state index in [9.17, 15) is 28.7 Å². The molecule has 9 rings (SSSR count). The van der Waals surface area contributed by atoms with Crippen LogP contribution in [0.1, 0.15) is 107 Å². The van der Waals surface area contributed by atoms with Gasteiger partial charge in [0.2, 0.25) is 11.3 Å². The van der Waals surface area contributed by atoms with Crippen molar-refractivity contribution in [2.75, 3.05) is 57.0 Å². The number of nitrogens with one attached hydrogen (secondary N) is 2. The molecule has 0 saturated carbocycles. The van der Waals surface area contributed by atoms with Crippen molar-refractivity contribution in [3.05, 3.63) is 108 Å². The lowest BCUT2D eigenvalue weighted by atomic mass is 9.83. The summed E-state index contributed by atoms with van der Waals surface area (Å²) in [5.74, 6) is 0.0640. The molecular formula is C54H63Cl4N10O14P2+. The van der Waals surface area contributed by atoms with Gasteiger partial charge in [-0.2, -0.15) is 4.31 Å². The second-order valence-electron chi connectivity index (χ2n) is 21.6. The fraction of sp³-hybridized carbons (Fsp3) is 0.426. The second kappa shape index (κ2) is 23.9. The molecule has 24 nitrogen and oxygen atoms in total. The number of hydrogen-bond acceptors (Lipinski definition) is 16. The number of carbonyl (C=O) groups excluding carboxylic acids is 3. The minimum Gasteiger partial charge on any atom is -0.456 e. The van der Waals surface area contributed by atoms with Crippen molar-refractivity contribution >= 4 is 119 Å². The SMILES string of the molecule is CCN1c2cc3c(cc2C(C)=CC1(C)C)C(c1c(Cl)c(Cl)c(Cl)c(Cl)c1C(=O)N(C)CCCC(=O)NCCNC(=O)O[C@@H]1[C@H](O)[C@@H](COP(=O)(O)OP(=O)(O)O)O[C@H]1n1cnc2c(N)ncnc21)=c1cc2c(cc1O3)=[N+](CC)C(C)(C)C=C2C. The van der Waals surface area contributed by atoms with Gasteiger partial charge in [-0.3, -0.25) is 18.7 Å². The van der Waals surface area contributed by atoms with E-state index in [4.69, 9.17) is 76.1 Å². The number of phosphoric ester groups is 1. The topological polar surface area (TPSA) is 316 Å². The van der Waals surface area contributed by atoms with Crippen LogP contribution in [0.4, 0.5) is 16.3 Å². The number of nitrogen functional groups attached to an aromatic ring is 1. The number of aromatic nitrogens is 4. The van der Waals surface area contributed by atoms with Crippen LogP contribution in [0.2, 0.25) is 20.1 Å². The van der Waals surface area contributed by atoms with Crippen LogP contribution in [0.5, 0.6) is 11.5 Å². The van der Waals surface area contributed by atoms with E-state index in [0.717, 1.165) is 39.6 Å². The van der Waals surface area contributed by atoms with Gasteiger partial charge >= 0.3 is 21.7 Å². The molecule has 0 aliphatic carbocycles. The zero-order chi connectivity index (χ0) is 61.3. The molecule has 450 valence electrons. The van der Waals surface area contributed by atoms with Gasteiger partial charge in [0, 0.05) is 98.3 Å². The van der Waals surface area contributed by atoms with Crippen molar-refractivity contribution in [1.82, 2.24) is 39.6 Å². The van der Waals surface area contributed by atoms with E-state index in [1.54, 1.807) is 7.05 Å². The van der Waals surface area contributed by atoms with Crippen LogP contribution in [0.25, 0.3) is 27.9 Å². The smallest absolute Gasteiger partial charge is 0.456 e. The maximum absolute atomic E-state index is 15.1. The molecule has 5 aromatic rings. The summed E-state index contributed by atoms with van der Waals surface area (Å²) in [7, 11) is -9.30. The highest BCUT2D eigenvalue weighted by atomic mass is 35.5. The number of hydrogen-bond donors (Lipinski definition) is 7. The molecule has 0 radical (unpaired) electrons. The molecule has 3 amide bonds. The summed E-state index contributed by atoms with van der Waals surface area (Å²) in [6.07, 6.45) is -0.555. The molecule has 84 heavy (non-hydrogen) atoms. The summed E-state index contributed by atoms with van der Waals surface area (Å²) in [6.45, 7) is 17.2. The Balaban J connectivity index is 0.920. The van der Waals surface area contributed by atoms with E-state index in [1.165, 1.54) is 15.8 Å². The lowest BCUT2D eigenvalue weighted by molar-refractivity contribution is -0.121. The largest absolute Gasteiger partial charge is 0.481 e. The van der Waals surface area contributed by atoms with Crippen molar-refractivity contribution in [3.8, 4) is 11.5 Å². The van der Waals surface area contributed by atoms with E-state index >= 15 is 4.79 Å². The van der Waals surface area contributed by atoms with Crippen LogP contribution in [-0.4, -0.2) is 138 Å². The van der Waals surface area contributed by atoms with Crippen LogP contribution in [0.15, 0.2) is 49.1 Å². The molecule has 0 bridgehead atoms. The summed E-state index contributed by atoms with van der Waals surface area (Å²) in [5, 5.41) is 17.7. The van der Waals surface area contributed by atoms with Crippen molar-refractivity contribution < 1.29 is 66.3 Å². The number of alkyl carbamates (subject to hydrolysis) is 1. The maximum atomic E-state index is 15.1. The zero-order valence-electron chi connectivity index (χ0n) is 47.1. The quantitative estimate of drug-likeness (QED) is 0.0145. The highest BCUT2D eigenvalue weighted by Gasteiger charge is 2.49. The minimum atomic E-state index is -5.49. The number of benzene rings is 3. The molecule has 0 spiro atoms. The van der Waals surface area contributed by atoms with Crippen LogP contribution < -0.4 is 41.2 Å². The van der Waals surface area contributed by atoms with E-state index in [2.05, 4.69) is 124 Å². The number of likely N-dealkylation sites (N-methyl/N-ethyl adjacent to an activating group) is 2. The Bertz CT molecular complexity index is 3850. The van der Waals surface area contributed by atoms with E-state index in [0.29, 0.717) is 40.9 Å². The molecule has 8 N–H and O–H groups in total. The number of fused-ring (bicyclic) bond motifs is 5. The Kier molecular flexibility index (Phi) is 17.9. The number of phosphoric acid groups is 2. The van der Waals surface area contributed by atoms with Gasteiger partial charge in [-0.1, -0.05) is 52.5 Å². The van der Waals surface area contributed by atoms with Crippen LogP contribution >= 0.6 is 62.0 Å². The number of rotatable bonds is 18. The third kappa shape index (κ3) is 12.2. The van der Waals surface area contributed by atoms with Crippen LogP contribution in [-0.2, 0) is 32.2 Å². The number of aliphatic hydroxyl groups is 1. The average molecular weight is 1280 g/mol. The van der Waals surface area contributed by atoms with E-state index < -0.39 is 64.7 Å². The number of allylic oxidation sites excluding steroid dienone is 2. The zero-order valence-corrected chi connectivity index (χ0v) is 51.9. The number of ether oxygens (including phenoxy) is 3. The first-order valence-corrected chi connectivity index (χ1v) is 31.1. The molecule has 6 heterocycles. The number of anilines is 2. The van der Waals surface area contributed by atoms with Crippen molar-refractivity contribution in [2.45, 2.75) is 104 Å². The molecule has 3 aromatic carbocycles. The molecule has 4 aliphatic heterocycles. The van der Waals surface area contributed by atoms with Crippen molar-refractivity contribution in [3.63, 3.8) is 0 Å². The van der Waals surface area contributed by atoms with Crippen molar-refractivity contribution in [2.24, 2.45) is 0 Å². The fourth-order valence-electron chi connectivity index (χ4n) is 11.5. The minimum absolute atomic E-state index is 0.000721. The molecule has 1 fully saturated rings. The number of halogens is 4. The first-order chi connectivity index (χ1) is 39.4. The standard InChI is InChI=1S/C54H62Cl4N10O14P2/c1-10-67-32-19-34-30(17-28(32)26(3)21-53(67,5)6)38(31-18-29-27(4)22-54(7,8)68(11-2)33(29)20-35(31)79-34)39-40(42(56)44(58)43(57)41(39)55)50(71)65(9)16-12-13-37(69)60-14-15-61-52(72)81-47-46(70)36(23-78-84(76,77)82-83(73,74)75)80-51(47)66-25-64-45-48(59)62-24-63-49(45)66/h17-22,24-25,36,46-47,51,70H,10-16,23H2,1-9H3,(H6-,59,60,61,62,63,69,72,73,74,75,76,77)/p+1/t36-,46-,47-,51-/m1/s1. The monoisotopic (exact) mass is 1280 g/mol. The molecule has 30 heteroatoms. The normalized spacial score (nSPS) is 20.2. The summed E-state index contributed by atoms with van der Waals surface area (Å²) < 4.78 is 53.8. The van der Waals surface area contributed by atoms with E-state index in [-0.39, 0.29) is 91.8 Å². The van der Waals surface area contributed by atoms with Crippen LogP contribution in [0.3, 0.4) is 0 Å². The van der Waals surface area contributed by atoms with Gasteiger partial charge in [-0.05, 0) is 77.3 Å². The number of nitrogens with zero attached hydrogens (tertiary/aromatic N) is 7. The average Bonchev–Trinajstić information content (AvgIpc) is 0.968. The molecule has 4 aliphatic rings. The first-order valence-electron chi connectivity index (χ1n) is 26.6. The molecule has 2 aromatic heterocycles. The molecule has 5 atom stereocenters. The molecule has 1 unspecified atom stereocenters.